The number of nitrogens with zero attached hydrogens (tertiary/aromatic N) is 1. The van der Waals surface area contributed by atoms with E-state index in [-0.39, 0.29) is 0 Å². The Morgan fingerprint density at radius 2 is 1.46 bits per heavy atom. The maximum absolute atomic E-state index is 4.62. The van der Waals surface area contributed by atoms with Crippen molar-refractivity contribution in [2.75, 3.05) is 0 Å². The van der Waals surface area contributed by atoms with Crippen molar-refractivity contribution >= 4 is 0 Å². The molecule has 0 fully saturated rings. The van der Waals surface area contributed by atoms with E-state index in [1.807, 2.05) is 13.0 Å². The summed E-state index contributed by atoms with van der Waals surface area (Å²) in [4.78, 5) is 4.62. The molecule has 0 saturated carbocycles. The van der Waals surface area contributed by atoms with Crippen molar-refractivity contribution in [3.05, 3.63) is 99.9 Å². The first-order chi connectivity index (χ1) is 11.6. The van der Waals surface area contributed by atoms with E-state index < -0.39 is 0 Å². The maximum Gasteiger partial charge on any atom is 0.0450 e. The fourth-order valence-corrected chi connectivity index (χ4v) is 3.05. The van der Waals surface area contributed by atoms with Crippen LogP contribution in [-0.2, 0) is 19.3 Å². The van der Waals surface area contributed by atoms with Crippen molar-refractivity contribution in [2.45, 2.75) is 40.0 Å². The summed E-state index contributed by atoms with van der Waals surface area (Å²) in [6.07, 6.45) is 3.09. The van der Waals surface area contributed by atoms with Gasteiger partial charge in [0.2, 0.25) is 0 Å². The molecule has 0 bridgehead atoms. The Hall–Kier alpha value is -2.41. The standard InChI is InChI=1S/C23H25N/c1-17-7-9-20(10-8-17)11-12-21-13-14-22(18(2)15-21)16-23-6-4-5-19(3)24-23/h4-10,13-15H,11-12,16H2,1-3H3. The second-order valence-electron chi connectivity index (χ2n) is 6.69. The maximum atomic E-state index is 4.62. The van der Waals surface area contributed by atoms with Crippen LogP contribution in [0.15, 0.2) is 60.7 Å². The van der Waals surface area contributed by atoms with Crippen LogP contribution in [0.2, 0.25) is 0 Å². The van der Waals surface area contributed by atoms with Crippen LogP contribution in [0.25, 0.3) is 0 Å². The van der Waals surface area contributed by atoms with E-state index in [1.165, 1.54) is 27.8 Å². The zero-order chi connectivity index (χ0) is 16.9. The normalized spacial score (nSPS) is 10.8. The molecule has 0 aliphatic carbocycles. The van der Waals surface area contributed by atoms with Gasteiger partial charge in [-0.1, -0.05) is 54.1 Å². The van der Waals surface area contributed by atoms with Gasteiger partial charge in [0.25, 0.3) is 0 Å². The number of benzene rings is 2. The minimum Gasteiger partial charge on any atom is -0.258 e. The van der Waals surface area contributed by atoms with Crippen LogP contribution in [0, 0.1) is 20.8 Å². The van der Waals surface area contributed by atoms with E-state index in [0.29, 0.717) is 0 Å². The summed E-state index contributed by atoms with van der Waals surface area (Å²) in [5, 5.41) is 0. The van der Waals surface area contributed by atoms with Crippen LogP contribution in [-0.4, -0.2) is 4.98 Å². The molecule has 1 nitrogen and oxygen atoms in total. The van der Waals surface area contributed by atoms with E-state index >= 15 is 0 Å². The van der Waals surface area contributed by atoms with Gasteiger partial charge in [-0.15, -0.1) is 0 Å². The molecular formula is C23H25N. The van der Waals surface area contributed by atoms with Crippen LogP contribution in [0.5, 0.6) is 0 Å². The van der Waals surface area contributed by atoms with Gasteiger partial charge < -0.3 is 0 Å². The summed E-state index contributed by atoms with van der Waals surface area (Å²) in [6, 6.07) is 22.0. The Labute approximate surface area is 145 Å². The average Bonchev–Trinajstić information content (AvgIpc) is 2.57. The quantitative estimate of drug-likeness (QED) is 0.615. The van der Waals surface area contributed by atoms with E-state index in [0.717, 1.165) is 30.7 Å². The van der Waals surface area contributed by atoms with Crippen molar-refractivity contribution < 1.29 is 0 Å². The highest BCUT2D eigenvalue weighted by atomic mass is 14.7. The molecule has 1 heteroatoms. The third-order valence-corrected chi connectivity index (χ3v) is 4.55. The molecule has 0 spiro atoms. The minimum atomic E-state index is 0.908. The van der Waals surface area contributed by atoms with Gasteiger partial charge in [0, 0.05) is 17.8 Å². The van der Waals surface area contributed by atoms with Gasteiger partial charge in [-0.3, -0.25) is 4.98 Å². The van der Waals surface area contributed by atoms with Crippen molar-refractivity contribution in [1.82, 2.24) is 4.98 Å². The van der Waals surface area contributed by atoms with Gasteiger partial charge in [-0.25, -0.2) is 0 Å². The molecule has 2 aromatic carbocycles. The Morgan fingerprint density at radius 3 is 2.17 bits per heavy atom. The third kappa shape index (κ3) is 4.32. The molecule has 3 rings (SSSR count). The first-order valence-corrected chi connectivity index (χ1v) is 8.66. The Morgan fingerprint density at radius 1 is 0.750 bits per heavy atom. The van der Waals surface area contributed by atoms with Crippen LogP contribution >= 0.6 is 0 Å². The molecule has 0 aliphatic heterocycles. The van der Waals surface area contributed by atoms with Crippen molar-refractivity contribution in [3.8, 4) is 0 Å². The van der Waals surface area contributed by atoms with Crippen LogP contribution in [0.4, 0.5) is 0 Å². The highest BCUT2D eigenvalue weighted by Gasteiger charge is 2.04. The molecule has 1 heterocycles. The van der Waals surface area contributed by atoms with E-state index in [1.54, 1.807) is 0 Å². The molecule has 0 radical (unpaired) electrons. The highest BCUT2D eigenvalue weighted by molar-refractivity contribution is 5.34. The zero-order valence-electron chi connectivity index (χ0n) is 14.8. The average molecular weight is 315 g/mol. The first-order valence-electron chi connectivity index (χ1n) is 8.66. The number of aromatic nitrogens is 1. The fraction of sp³-hybridized carbons (Fsp3) is 0.261. The van der Waals surface area contributed by atoms with Gasteiger partial charge in [-0.05, 0) is 68.0 Å². The second kappa shape index (κ2) is 7.44. The summed E-state index contributed by atoms with van der Waals surface area (Å²) < 4.78 is 0. The minimum absolute atomic E-state index is 0.908. The van der Waals surface area contributed by atoms with Crippen molar-refractivity contribution in [2.24, 2.45) is 0 Å². The molecule has 122 valence electrons. The topological polar surface area (TPSA) is 12.9 Å². The fourth-order valence-electron chi connectivity index (χ4n) is 3.05. The summed E-state index contributed by atoms with van der Waals surface area (Å²) >= 11 is 0. The van der Waals surface area contributed by atoms with Crippen LogP contribution in [0.3, 0.4) is 0 Å². The molecule has 0 saturated heterocycles. The summed E-state index contributed by atoms with van der Waals surface area (Å²) in [6.45, 7) is 6.39. The monoisotopic (exact) mass is 315 g/mol. The number of aryl methyl sites for hydroxylation is 5. The molecule has 3 aromatic rings. The number of pyridine rings is 1. The lowest BCUT2D eigenvalue weighted by Crippen LogP contribution is -1.98. The lowest BCUT2D eigenvalue weighted by molar-refractivity contribution is 0.951. The third-order valence-electron chi connectivity index (χ3n) is 4.55. The Balaban J connectivity index is 1.67. The largest absolute Gasteiger partial charge is 0.258 e. The smallest absolute Gasteiger partial charge is 0.0450 e. The molecule has 0 atom stereocenters. The van der Waals surface area contributed by atoms with Gasteiger partial charge in [0.15, 0.2) is 0 Å². The van der Waals surface area contributed by atoms with E-state index in [9.17, 15) is 0 Å². The summed E-state index contributed by atoms with van der Waals surface area (Å²) in [5.74, 6) is 0. The van der Waals surface area contributed by atoms with Crippen molar-refractivity contribution in [1.29, 1.82) is 0 Å². The van der Waals surface area contributed by atoms with E-state index in [4.69, 9.17) is 0 Å². The molecule has 0 unspecified atom stereocenters. The lowest BCUT2D eigenvalue weighted by Gasteiger charge is -2.09. The lowest BCUT2D eigenvalue weighted by atomic mass is 9.97. The summed E-state index contributed by atoms with van der Waals surface area (Å²) in [5.41, 5.74) is 9.10. The SMILES string of the molecule is Cc1ccc(CCc2ccc(Cc3cccc(C)n3)c(C)c2)cc1. The predicted octanol–water partition coefficient (Wildman–Crippen LogP) is 5.38. The van der Waals surface area contributed by atoms with Crippen LogP contribution < -0.4 is 0 Å². The van der Waals surface area contributed by atoms with Crippen LogP contribution in [0.1, 0.15) is 39.2 Å². The summed E-state index contributed by atoms with van der Waals surface area (Å²) in [7, 11) is 0. The molecule has 0 N–H and O–H groups in total. The molecule has 0 aliphatic rings. The second-order valence-corrected chi connectivity index (χ2v) is 6.69. The number of hydrogen-bond donors (Lipinski definition) is 0. The Kier molecular flexibility index (Phi) is 5.10. The van der Waals surface area contributed by atoms with Crippen molar-refractivity contribution in [3.63, 3.8) is 0 Å². The molecular weight excluding hydrogens is 290 g/mol. The zero-order valence-corrected chi connectivity index (χ0v) is 14.8. The molecule has 0 amide bonds. The Bertz CT molecular complexity index is 816. The molecule has 24 heavy (non-hydrogen) atoms. The van der Waals surface area contributed by atoms with Gasteiger partial charge in [0.1, 0.15) is 0 Å². The molecule has 1 aromatic heterocycles. The highest BCUT2D eigenvalue weighted by Crippen LogP contribution is 2.17. The van der Waals surface area contributed by atoms with Gasteiger partial charge >= 0.3 is 0 Å². The van der Waals surface area contributed by atoms with Gasteiger partial charge in [-0.2, -0.15) is 0 Å². The van der Waals surface area contributed by atoms with Gasteiger partial charge in [0.05, 0.1) is 0 Å². The van der Waals surface area contributed by atoms with E-state index in [2.05, 4.69) is 73.4 Å². The predicted molar refractivity (Wildman–Crippen MR) is 102 cm³/mol. The number of hydrogen-bond acceptors (Lipinski definition) is 1. The number of rotatable bonds is 5. The first kappa shape index (κ1) is 16.4.